The Morgan fingerprint density at radius 1 is 1.43 bits per heavy atom. The van der Waals surface area contributed by atoms with E-state index < -0.39 is 29.5 Å². The van der Waals surface area contributed by atoms with Crippen LogP contribution in [0.15, 0.2) is 18.2 Å². The lowest BCUT2D eigenvalue weighted by molar-refractivity contribution is -0.139. The maximum atomic E-state index is 13.8. The Balaban J connectivity index is 2.82. The Morgan fingerprint density at radius 3 is 2.57 bits per heavy atom. The number of ether oxygens (including phenoxy) is 1. The minimum Gasteiger partial charge on any atom is -0.480 e. The molecule has 0 fully saturated rings. The maximum Gasteiger partial charge on any atom is 0.408 e. The molecule has 5 nitrogen and oxygen atoms in total. The number of rotatable bonds is 4. The molecule has 0 radical (unpaired) electrons. The van der Waals surface area contributed by atoms with E-state index in [1.165, 1.54) is 18.2 Å². The van der Waals surface area contributed by atoms with E-state index in [1.807, 2.05) is 0 Å². The zero-order chi connectivity index (χ0) is 16.2. The van der Waals surface area contributed by atoms with E-state index in [2.05, 4.69) is 5.32 Å². The first-order valence-corrected chi connectivity index (χ1v) is 6.63. The van der Waals surface area contributed by atoms with E-state index in [0.29, 0.717) is 0 Å². The molecule has 0 heterocycles. The molecule has 1 aromatic rings. The van der Waals surface area contributed by atoms with Gasteiger partial charge in [-0.25, -0.2) is 14.0 Å². The minimum absolute atomic E-state index is 0.103. The molecular weight excluding hydrogens is 301 g/mol. The van der Waals surface area contributed by atoms with Gasteiger partial charge in [-0.05, 0) is 32.4 Å². The fourth-order valence-corrected chi connectivity index (χ4v) is 1.77. The average Bonchev–Trinajstić information content (AvgIpc) is 2.31. The molecule has 1 rings (SSSR count). The standard InChI is InChI=1S/C14H17ClFNO4/c1-14(2,3)21-13(20)17-10(12(18)19)7-8-5-4-6-9(15)11(8)16/h4-6,10H,7H2,1-3H3,(H,17,20)(H,18,19)/t10-/m0/s1. The first-order valence-electron chi connectivity index (χ1n) is 6.25. The summed E-state index contributed by atoms with van der Waals surface area (Å²) in [4.78, 5) is 22.8. The van der Waals surface area contributed by atoms with Crippen LogP contribution in [0, 0.1) is 5.82 Å². The number of amides is 1. The van der Waals surface area contributed by atoms with Crippen molar-refractivity contribution in [1.29, 1.82) is 0 Å². The quantitative estimate of drug-likeness (QED) is 0.895. The zero-order valence-corrected chi connectivity index (χ0v) is 12.7. The fraction of sp³-hybridized carbons (Fsp3) is 0.429. The van der Waals surface area contributed by atoms with Gasteiger partial charge in [-0.3, -0.25) is 0 Å². The highest BCUT2D eigenvalue weighted by atomic mass is 35.5. The van der Waals surface area contributed by atoms with Gasteiger partial charge in [-0.2, -0.15) is 0 Å². The van der Waals surface area contributed by atoms with Crippen LogP contribution in [0.3, 0.4) is 0 Å². The van der Waals surface area contributed by atoms with E-state index >= 15 is 0 Å². The number of carbonyl (C=O) groups excluding carboxylic acids is 1. The third kappa shape index (κ3) is 5.59. The van der Waals surface area contributed by atoms with Crippen molar-refractivity contribution in [3.63, 3.8) is 0 Å². The molecule has 116 valence electrons. The van der Waals surface area contributed by atoms with Crippen LogP contribution >= 0.6 is 11.6 Å². The lowest BCUT2D eigenvalue weighted by atomic mass is 10.1. The number of nitrogens with one attached hydrogen (secondary N) is 1. The van der Waals surface area contributed by atoms with Gasteiger partial charge in [0.1, 0.15) is 17.5 Å². The van der Waals surface area contributed by atoms with Crippen LogP contribution in [0.1, 0.15) is 26.3 Å². The molecule has 0 spiro atoms. The van der Waals surface area contributed by atoms with Gasteiger partial charge in [-0.15, -0.1) is 0 Å². The van der Waals surface area contributed by atoms with Gasteiger partial charge in [-0.1, -0.05) is 23.7 Å². The Morgan fingerprint density at radius 2 is 2.05 bits per heavy atom. The molecule has 0 aliphatic rings. The van der Waals surface area contributed by atoms with Crippen molar-refractivity contribution in [2.24, 2.45) is 0 Å². The van der Waals surface area contributed by atoms with Gasteiger partial charge in [0.2, 0.25) is 0 Å². The second kappa shape index (κ2) is 6.76. The summed E-state index contributed by atoms with van der Waals surface area (Å²) >= 11 is 5.64. The van der Waals surface area contributed by atoms with E-state index in [9.17, 15) is 14.0 Å². The van der Waals surface area contributed by atoms with Gasteiger partial charge in [0.15, 0.2) is 0 Å². The Bertz CT molecular complexity index is 542. The maximum absolute atomic E-state index is 13.8. The van der Waals surface area contributed by atoms with Gasteiger partial charge in [0, 0.05) is 6.42 Å². The van der Waals surface area contributed by atoms with E-state index in [1.54, 1.807) is 20.8 Å². The highest BCUT2D eigenvalue weighted by molar-refractivity contribution is 6.30. The van der Waals surface area contributed by atoms with Gasteiger partial charge in [0.25, 0.3) is 0 Å². The lowest BCUT2D eigenvalue weighted by Gasteiger charge is -2.22. The Kier molecular flexibility index (Phi) is 5.54. The molecule has 0 bridgehead atoms. The van der Waals surface area contributed by atoms with Crippen molar-refractivity contribution in [2.75, 3.05) is 0 Å². The van der Waals surface area contributed by atoms with Gasteiger partial charge < -0.3 is 15.2 Å². The van der Waals surface area contributed by atoms with Crippen LogP contribution in [0.25, 0.3) is 0 Å². The summed E-state index contributed by atoms with van der Waals surface area (Å²) in [6.07, 6.45) is -1.11. The molecule has 0 saturated carbocycles. The number of hydrogen-bond donors (Lipinski definition) is 2. The monoisotopic (exact) mass is 317 g/mol. The van der Waals surface area contributed by atoms with E-state index in [0.717, 1.165) is 0 Å². The van der Waals surface area contributed by atoms with Crippen LogP contribution in [0.4, 0.5) is 9.18 Å². The number of aliphatic carboxylic acids is 1. The van der Waals surface area contributed by atoms with Crippen LogP contribution in [0.5, 0.6) is 0 Å². The van der Waals surface area contributed by atoms with Gasteiger partial charge in [0.05, 0.1) is 5.02 Å². The summed E-state index contributed by atoms with van der Waals surface area (Å²) in [6, 6.07) is 2.96. The molecule has 1 aromatic carbocycles. The Labute approximate surface area is 127 Å². The summed E-state index contributed by atoms with van der Waals surface area (Å²) < 4.78 is 18.7. The topological polar surface area (TPSA) is 75.6 Å². The number of hydrogen-bond acceptors (Lipinski definition) is 3. The van der Waals surface area contributed by atoms with Crippen molar-refractivity contribution in [2.45, 2.75) is 38.8 Å². The van der Waals surface area contributed by atoms with Crippen LogP contribution in [0.2, 0.25) is 5.02 Å². The number of carbonyl (C=O) groups is 2. The normalized spacial score (nSPS) is 12.6. The highest BCUT2D eigenvalue weighted by Gasteiger charge is 2.25. The van der Waals surface area contributed by atoms with E-state index in [-0.39, 0.29) is 17.0 Å². The molecule has 0 aromatic heterocycles. The van der Waals surface area contributed by atoms with Crippen molar-refractivity contribution >= 4 is 23.7 Å². The molecule has 7 heteroatoms. The summed E-state index contributed by atoms with van der Waals surface area (Å²) in [6.45, 7) is 4.96. The second-order valence-corrected chi connectivity index (χ2v) is 5.86. The third-order valence-electron chi connectivity index (χ3n) is 2.44. The molecule has 1 amide bonds. The smallest absolute Gasteiger partial charge is 0.408 e. The van der Waals surface area contributed by atoms with Crippen molar-refractivity contribution in [3.05, 3.63) is 34.6 Å². The van der Waals surface area contributed by atoms with Crippen LogP contribution in [-0.2, 0) is 16.0 Å². The molecule has 0 saturated heterocycles. The number of alkyl carbamates (subject to hydrolysis) is 1. The molecular formula is C14H17ClFNO4. The molecule has 2 N–H and O–H groups in total. The third-order valence-corrected chi connectivity index (χ3v) is 2.74. The van der Waals surface area contributed by atoms with Crippen LogP contribution < -0.4 is 5.32 Å². The first kappa shape index (κ1) is 17.2. The summed E-state index contributed by atoms with van der Waals surface area (Å²) in [5, 5.41) is 11.2. The predicted octanol–water partition coefficient (Wildman–Crippen LogP) is 3.00. The molecule has 0 unspecified atom stereocenters. The largest absolute Gasteiger partial charge is 0.480 e. The second-order valence-electron chi connectivity index (χ2n) is 5.45. The first-order chi connectivity index (χ1) is 9.60. The fourth-order valence-electron chi connectivity index (χ4n) is 1.58. The Hall–Kier alpha value is -1.82. The number of halogens is 2. The summed E-state index contributed by atoms with van der Waals surface area (Å²) in [5.74, 6) is -1.99. The molecule has 0 aliphatic heterocycles. The highest BCUT2D eigenvalue weighted by Crippen LogP contribution is 2.19. The predicted molar refractivity (Wildman–Crippen MR) is 75.9 cm³/mol. The van der Waals surface area contributed by atoms with Crippen molar-refractivity contribution in [1.82, 2.24) is 5.32 Å². The summed E-state index contributed by atoms with van der Waals surface area (Å²) in [5.41, 5.74) is -0.653. The van der Waals surface area contributed by atoms with Crippen molar-refractivity contribution in [3.8, 4) is 0 Å². The number of carboxylic acid groups (broad SMARTS) is 1. The van der Waals surface area contributed by atoms with Crippen LogP contribution in [-0.4, -0.2) is 28.8 Å². The number of benzene rings is 1. The number of carboxylic acids is 1. The summed E-state index contributed by atoms with van der Waals surface area (Å²) in [7, 11) is 0. The SMILES string of the molecule is CC(C)(C)OC(=O)N[C@@H](Cc1cccc(Cl)c1F)C(=O)O. The van der Waals surface area contributed by atoms with Gasteiger partial charge >= 0.3 is 12.1 Å². The minimum atomic E-state index is -1.31. The van der Waals surface area contributed by atoms with E-state index in [4.69, 9.17) is 21.4 Å². The lowest BCUT2D eigenvalue weighted by Crippen LogP contribution is -2.44. The average molecular weight is 318 g/mol. The molecule has 1 atom stereocenters. The zero-order valence-electron chi connectivity index (χ0n) is 11.9. The molecule has 21 heavy (non-hydrogen) atoms. The molecule has 0 aliphatic carbocycles. The van der Waals surface area contributed by atoms with Crippen molar-refractivity contribution < 1.29 is 23.8 Å².